The number of aryl methyl sites for hydroxylation is 1. The molecule has 134 valence electrons. The Morgan fingerprint density at radius 1 is 1.19 bits per heavy atom. The van der Waals surface area contributed by atoms with Crippen molar-refractivity contribution in [2.24, 2.45) is 0 Å². The van der Waals surface area contributed by atoms with E-state index < -0.39 is 10.0 Å². The molecule has 4 rings (SSSR count). The zero-order chi connectivity index (χ0) is 18.5. The fourth-order valence-corrected chi connectivity index (χ4v) is 5.78. The van der Waals surface area contributed by atoms with Crippen molar-refractivity contribution in [1.82, 2.24) is 14.2 Å². The molecular weight excluding hydrogens is 396 g/mol. The Kier molecular flexibility index (Phi) is 4.09. The highest BCUT2D eigenvalue weighted by Crippen LogP contribution is 2.42. The third-order valence-corrected chi connectivity index (χ3v) is 7.26. The summed E-state index contributed by atoms with van der Waals surface area (Å²) in [5, 5.41) is 11.8. The minimum absolute atomic E-state index is 0.121. The molecule has 1 N–H and O–H groups in total. The molecule has 26 heavy (non-hydrogen) atoms. The molecule has 0 aliphatic carbocycles. The zero-order valence-electron chi connectivity index (χ0n) is 13.7. The second kappa shape index (κ2) is 6.19. The maximum absolute atomic E-state index is 13.1. The number of hydrogen-bond donors (Lipinski definition) is 1. The Bertz CT molecular complexity index is 1110. The van der Waals surface area contributed by atoms with E-state index in [2.05, 4.69) is 15.5 Å². The van der Waals surface area contributed by atoms with Gasteiger partial charge in [-0.25, -0.2) is 8.42 Å². The van der Waals surface area contributed by atoms with Crippen LogP contribution < -0.4 is 10.1 Å². The van der Waals surface area contributed by atoms with Crippen molar-refractivity contribution in [1.29, 1.82) is 0 Å². The van der Waals surface area contributed by atoms with Crippen molar-refractivity contribution >= 4 is 45.0 Å². The molecule has 0 fully saturated rings. The first-order valence-electron chi connectivity index (χ1n) is 7.50. The molecule has 7 nitrogen and oxygen atoms in total. The summed E-state index contributed by atoms with van der Waals surface area (Å²) in [7, 11) is -2.26. The first-order chi connectivity index (χ1) is 12.4. The summed E-state index contributed by atoms with van der Waals surface area (Å²) in [5.74, 6) is 0.819. The number of nitrogens with one attached hydrogen (secondary N) is 1. The van der Waals surface area contributed by atoms with E-state index in [0.29, 0.717) is 26.9 Å². The van der Waals surface area contributed by atoms with Gasteiger partial charge in [0.1, 0.15) is 10.6 Å². The Hall–Kier alpha value is -2.23. The van der Waals surface area contributed by atoms with E-state index in [1.54, 1.807) is 50.4 Å². The minimum atomic E-state index is -3.84. The van der Waals surface area contributed by atoms with Crippen molar-refractivity contribution in [2.45, 2.75) is 21.9 Å². The Balaban J connectivity index is 1.77. The van der Waals surface area contributed by atoms with Crippen LogP contribution in [0.15, 0.2) is 51.3 Å². The van der Waals surface area contributed by atoms with Crippen LogP contribution in [0.1, 0.15) is 5.56 Å². The van der Waals surface area contributed by atoms with Crippen molar-refractivity contribution in [2.75, 3.05) is 12.4 Å². The molecule has 2 aromatic carbocycles. The molecule has 10 heteroatoms. The number of rotatable bonds is 3. The summed E-state index contributed by atoms with van der Waals surface area (Å²) in [5.41, 5.74) is 1.36. The number of nitrogens with zero attached hydrogens (tertiary/aromatic N) is 3. The third-order valence-electron chi connectivity index (χ3n) is 3.89. The van der Waals surface area contributed by atoms with E-state index >= 15 is 0 Å². The quantitative estimate of drug-likeness (QED) is 0.553. The molecular formula is C16H13ClN4O3S2. The molecule has 1 aliphatic rings. The van der Waals surface area contributed by atoms with Gasteiger partial charge in [0.05, 0.1) is 7.11 Å². The van der Waals surface area contributed by atoms with Crippen LogP contribution in [0.25, 0.3) is 0 Å². The van der Waals surface area contributed by atoms with E-state index in [4.69, 9.17) is 16.3 Å². The van der Waals surface area contributed by atoms with Gasteiger partial charge in [0.15, 0.2) is 0 Å². The average molecular weight is 409 g/mol. The summed E-state index contributed by atoms with van der Waals surface area (Å²) < 4.78 is 32.4. The summed E-state index contributed by atoms with van der Waals surface area (Å²) in [4.78, 5) is 0.728. The summed E-state index contributed by atoms with van der Waals surface area (Å²) >= 11 is 7.34. The van der Waals surface area contributed by atoms with Gasteiger partial charge in [-0.05, 0) is 60.6 Å². The van der Waals surface area contributed by atoms with Gasteiger partial charge in [0, 0.05) is 15.6 Å². The summed E-state index contributed by atoms with van der Waals surface area (Å²) in [6.45, 7) is 1.76. The first-order valence-corrected chi connectivity index (χ1v) is 10.1. The van der Waals surface area contributed by atoms with E-state index in [1.807, 2.05) is 0 Å². The smallest absolute Gasteiger partial charge is 0.273 e. The van der Waals surface area contributed by atoms with Gasteiger partial charge in [-0.1, -0.05) is 11.6 Å². The highest BCUT2D eigenvalue weighted by molar-refractivity contribution is 8.01. The molecule has 0 saturated carbocycles. The molecule has 0 saturated heterocycles. The van der Waals surface area contributed by atoms with E-state index in [0.717, 1.165) is 3.97 Å². The lowest BCUT2D eigenvalue weighted by Crippen LogP contribution is -2.20. The minimum Gasteiger partial charge on any atom is -0.497 e. The average Bonchev–Trinajstić information content (AvgIpc) is 3.01. The third kappa shape index (κ3) is 2.72. The van der Waals surface area contributed by atoms with Crippen LogP contribution in [0.2, 0.25) is 5.02 Å². The van der Waals surface area contributed by atoms with Gasteiger partial charge in [0.2, 0.25) is 11.1 Å². The van der Waals surface area contributed by atoms with Gasteiger partial charge in [0.25, 0.3) is 10.0 Å². The van der Waals surface area contributed by atoms with Crippen LogP contribution in [0.4, 0.5) is 11.6 Å². The molecule has 0 amide bonds. The van der Waals surface area contributed by atoms with E-state index in [9.17, 15) is 8.42 Å². The second-order valence-corrected chi connectivity index (χ2v) is 8.75. The van der Waals surface area contributed by atoms with Gasteiger partial charge in [-0.2, -0.15) is 3.97 Å². The highest BCUT2D eigenvalue weighted by atomic mass is 35.5. The number of aromatic nitrogens is 3. The van der Waals surface area contributed by atoms with Gasteiger partial charge in [-0.15, -0.1) is 10.2 Å². The molecule has 0 spiro atoms. The monoisotopic (exact) mass is 408 g/mol. The number of benzene rings is 2. The zero-order valence-corrected chi connectivity index (χ0v) is 16.1. The topological polar surface area (TPSA) is 86.1 Å². The molecule has 0 bridgehead atoms. The van der Waals surface area contributed by atoms with Crippen LogP contribution in [0.3, 0.4) is 0 Å². The van der Waals surface area contributed by atoms with E-state index in [-0.39, 0.29) is 16.0 Å². The second-order valence-electron chi connectivity index (χ2n) is 5.58. The van der Waals surface area contributed by atoms with Gasteiger partial charge in [-0.3, -0.25) is 0 Å². The largest absolute Gasteiger partial charge is 0.497 e. The van der Waals surface area contributed by atoms with Crippen LogP contribution in [-0.4, -0.2) is 29.7 Å². The van der Waals surface area contributed by atoms with Crippen molar-refractivity contribution < 1.29 is 13.2 Å². The maximum Gasteiger partial charge on any atom is 0.273 e. The SMILES string of the molecule is COc1ccc(Nc2nnc3n2S(=O)(=O)c2cc(C)c(Cl)cc2S3)cc1. The molecule has 1 aliphatic heterocycles. The van der Waals surface area contributed by atoms with Crippen molar-refractivity contribution in [3.05, 3.63) is 47.0 Å². The van der Waals surface area contributed by atoms with Crippen LogP contribution >= 0.6 is 23.4 Å². The number of ether oxygens (including phenoxy) is 1. The lowest BCUT2D eigenvalue weighted by Gasteiger charge is -2.19. The lowest BCUT2D eigenvalue weighted by molar-refractivity contribution is 0.415. The Morgan fingerprint density at radius 3 is 2.62 bits per heavy atom. The number of halogens is 1. The predicted molar refractivity (Wildman–Crippen MR) is 99.2 cm³/mol. The molecule has 0 atom stereocenters. The maximum atomic E-state index is 13.1. The number of hydrogen-bond acceptors (Lipinski definition) is 7. The molecule has 3 aromatic rings. The van der Waals surface area contributed by atoms with Crippen LogP contribution in [-0.2, 0) is 10.0 Å². The normalized spacial score (nSPS) is 14.4. The molecule has 0 unspecified atom stereocenters. The van der Waals surface area contributed by atoms with Gasteiger partial charge >= 0.3 is 0 Å². The Labute approximate surface area is 159 Å². The predicted octanol–water partition coefficient (Wildman–Crippen LogP) is 3.69. The first kappa shape index (κ1) is 17.2. The number of methoxy groups -OCH3 is 1. The number of anilines is 2. The summed E-state index contributed by atoms with van der Waals surface area (Å²) in [6.07, 6.45) is 0. The lowest BCUT2D eigenvalue weighted by atomic mass is 10.2. The van der Waals surface area contributed by atoms with Crippen LogP contribution in [0.5, 0.6) is 5.75 Å². The van der Waals surface area contributed by atoms with Crippen molar-refractivity contribution in [3.8, 4) is 5.75 Å². The molecule has 2 heterocycles. The molecule has 0 radical (unpaired) electrons. The van der Waals surface area contributed by atoms with Crippen molar-refractivity contribution in [3.63, 3.8) is 0 Å². The van der Waals surface area contributed by atoms with Gasteiger partial charge < -0.3 is 10.1 Å². The van der Waals surface area contributed by atoms with E-state index in [1.165, 1.54) is 11.8 Å². The molecule has 1 aromatic heterocycles. The fourth-order valence-electron chi connectivity index (χ4n) is 2.53. The fraction of sp³-hybridized carbons (Fsp3) is 0.125. The summed E-state index contributed by atoms with van der Waals surface area (Å²) in [6, 6.07) is 10.3. The van der Waals surface area contributed by atoms with Crippen LogP contribution in [0, 0.1) is 6.92 Å². The highest BCUT2D eigenvalue weighted by Gasteiger charge is 2.34. The standard InChI is InChI=1S/C16H13ClN4O3S2/c1-9-7-14-13(8-12(9)17)25-16-20-19-15(21(16)26(14,22)23)18-10-3-5-11(24-2)6-4-10/h3-8H,1-2H3,(H,18,19). The number of fused-ring (bicyclic) bond motifs is 2. The Morgan fingerprint density at radius 2 is 1.92 bits per heavy atom.